The molecule has 166 valence electrons. The molecule has 0 aromatic rings. The van der Waals surface area contributed by atoms with Gasteiger partial charge in [0.15, 0.2) is 11.7 Å². The Kier molecular flexibility index (Phi) is 10.5. The third-order valence-electron chi connectivity index (χ3n) is 3.16. The van der Waals surface area contributed by atoms with E-state index in [0.29, 0.717) is 6.26 Å². The van der Waals surface area contributed by atoms with Crippen LogP contribution < -0.4 is 16.1 Å². The Hall–Kier alpha value is -3.06. The van der Waals surface area contributed by atoms with Crippen LogP contribution in [0.15, 0.2) is 12.0 Å². The van der Waals surface area contributed by atoms with Gasteiger partial charge >= 0.3 is 12.1 Å². The van der Waals surface area contributed by atoms with Gasteiger partial charge in [-0.3, -0.25) is 14.6 Å². The molecule has 13 nitrogen and oxygen atoms in total. The number of amides is 3. The van der Waals surface area contributed by atoms with E-state index in [0.717, 1.165) is 12.1 Å². The number of hydrogen-bond donors (Lipinski definition) is 6. The van der Waals surface area contributed by atoms with Crippen LogP contribution in [0.3, 0.4) is 0 Å². The van der Waals surface area contributed by atoms with Gasteiger partial charge < -0.3 is 35.4 Å². The molecule has 0 fully saturated rings. The summed E-state index contributed by atoms with van der Waals surface area (Å²) in [4.78, 5) is 47.6. The molecule has 0 spiro atoms. The third-order valence-corrected chi connectivity index (χ3v) is 3.16. The highest BCUT2D eigenvalue weighted by molar-refractivity contribution is 5.97. The second-order valence-electron chi connectivity index (χ2n) is 6.66. The van der Waals surface area contributed by atoms with Gasteiger partial charge in [0, 0.05) is 7.05 Å². The highest BCUT2D eigenvalue weighted by Crippen LogP contribution is 2.07. The number of hydrazine groups is 1. The topological polar surface area (TPSA) is 187 Å². The Bertz CT molecular complexity index is 630. The van der Waals surface area contributed by atoms with Crippen LogP contribution >= 0.6 is 0 Å². The number of methoxy groups -OCH3 is 1. The van der Waals surface area contributed by atoms with Crippen LogP contribution in [0.25, 0.3) is 0 Å². The second kappa shape index (κ2) is 11.7. The molecule has 0 aliphatic heterocycles. The summed E-state index contributed by atoms with van der Waals surface area (Å²) in [6.45, 7) is 3.25. The molecule has 0 aromatic carbocycles. The smallest absolute Gasteiger partial charge is 0.426 e. The standard InChI is InChI=1S/C16H28N4O9/c1-16(2,3)29-15(27)19-20(4)11(8-23)13(25)17-9(6-21)12(24)18-10(7-22)14(26)28-5/h8-10,21-23H,6-7H2,1-5H3,(H,17,25)(H,18,24)(H,19,27)/b11-8-/t9-,10-/m0/s1. The van der Waals surface area contributed by atoms with Gasteiger partial charge in [-0.1, -0.05) is 0 Å². The van der Waals surface area contributed by atoms with Gasteiger partial charge in [0.25, 0.3) is 5.91 Å². The number of hydrogen-bond acceptors (Lipinski definition) is 10. The molecular formula is C16H28N4O9. The molecule has 0 aliphatic carbocycles. The number of esters is 1. The number of likely N-dealkylation sites (N-methyl/N-ethyl adjacent to an activating group) is 1. The van der Waals surface area contributed by atoms with Crippen molar-refractivity contribution in [1.29, 1.82) is 0 Å². The first-order valence-electron chi connectivity index (χ1n) is 8.38. The van der Waals surface area contributed by atoms with Gasteiger partial charge in [0.2, 0.25) is 5.91 Å². The highest BCUT2D eigenvalue weighted by atomic mass is 16.6. The minimum atomic E-state index is -1.54. The van der Waals surface area contributed by atoms with Crippen molar-refractivity contribution in [3.05, 3.63) is 12.0 Å². The Labute approximate surface area is 167 Å². The molecule has 3 amide bonds. The van der Waals surface area contributed by atoms with Crippen LogP contribution in [-0.2, 0) is 23.9 Å². The number of rotatable bonds is 9. The van der Waals surface area contributed by atoms with Crippen molar-refractivity contribution >= 4 is 23.9 Å². The van der Waals surface area contributed by atoms with Crippen LogP contribution in [0, 0.1) is 0 Å². The van der Waals surface area contributed by atoms with E-state index in [-0.39, 0.29) is 0 Å². The monoisotopic (exact) mass is 420 g/mol. The number of carbonyl (C=O) groups is 4. The van der Waals surface area contributed by atoms with Gasteiger partial charge in [0.1, 0.15) is 17.9 Å². The molecule has 0 rings (SSSR count). The van der Waals surface area contributed by atoms with Crippen molar-refractivity contribution in [2.75, 3.05) is 27.4 Å². The van der Waals surface area contributed by atoms with Crippen LogP contribution in [0.4, 0.5) is 4.79 Å². The lowest BCUT2D eigenvalue weighted by Gasteiger charge is -2.26. The van der Waals surface area contributed by atoms with Gasteiger partial charge in [0.05, 0.1) is 20.3 Å². The van der Waals surface area contributed by atoms with E-state index >= 15 is 0 Å². The van der Waals surface area contributed by atoms with E-state index in [2.05, 4.69) is 20.8 Å². The number of nitrogens with zero attached hydrogens (tertiary/aromatic N) is 1. The average molecular weight is 420 g/mol. The molecule has 0 heterocycles. The lowest BCUT2D eigenvalue weighted by molar-refractivity contribution is -0.146. The van der Waals surface area contributed by atoms with Crippen molar-refractivity contribution in [1.82, 2.24) is 21.1 Å². The van der Waals surface area contributed by atoms with Crippen LogP contribution in [0.2, 0.25) is 0 Å². The summed E-state index contributed by atoms with van der Waals surface area (Å²) in [5, 5.41) is 32.8. The molecule has 29 heavy (non-hydrogen) atoms. The Morgan fingerprint density at radius 2 is 1.62 bits per heavy atom. The fraction of sp³-hybridized carbons (Fsp3) is 0.625. The quantitative estimate of drug-likeness (QED) is 0.104. The molecular weight excluding hydrogens is 392 g/mol. The predicted molar refractivity (Wildman–Crippen MR) is 97.9 cm³/mol. The van der Waals surface area contributed by atoms with Crippen molar-refractivity contribution in [2.45, 2.75) is 38.5 Å². The number of aliphatic hydroxyl groups is 3. The molecule has 2 atom stereocenters. The normalized spacial score (nSPS) is 13.6. The van der Waals surface area contributed by atoms with Gasteiger partial charge in [-0.15, -0.1) is 0 Å². The minimum absolute atomic E-state index is 0.365. The summed E-state index contributed by atoms with van der Waals surface area (Å²) >= 11 is 0. The first-order chi connectivity index (χ1) is 13.4. The van der Waals surface area contributed by atoms with Gasteiger partial charge in [-0.2, -0.15) is 0 Å². The molecule has 6 N–H and O–H groups in total. The summed E-state index contributed by atoms with van der Waals surface area (Å²) in [6.07, 6.45) is -0.545. The Morgan fingerprint density at radius 3 is 2.03 bits per heavy atom. The fourth-order valence-electron chi connectivity index (χ4n) is 1.82. The lowest BCUT2D eigenvalue weighted by atomic mass is 10.2. The maximum Gasteiger partial charge on any atom is 0.426 e. The highest BCUT2D eigenvalue weighted by Gasteiger charge is 2.28. The number of ether oxygens (including phenoxy) is 2. The zero-order chi connectivity index (χ0) is 22.8. The maximum atomic E-state index is 12.3. The molecule has 0 aliphatic rings. The number of aliphatic hydroxyl groups excluding tert-OH is 3. The molecule has 0 saturated carbocycles. The predicted octanol–water partition coefficient (Wildman–Crippen LogP) is -2.12. The van der Waals surface area contributed by atoms with E-state index in [1.165, 1.54) is 7.05 Å². The van der Waals surface area contributed by atoms with E-state index in [4.69, 9.17) is 9.84 Å². The first-order valence-corrected chi connectivity index (χ1v) is 8.38. The van der Waals surface area contributed by atoms with Crippen molar-refractivity contribution in [2.24, 2.45) is 0 Å². The zero-order valence-electron chi connectivity index (χ0n) is 16.9. The molecule has 0 radical (unpaired) electrons. The first kappa shape index (κ1) is 25.9. The summed E-state index contributed by atoms with van der Waals surface area (Å²) in [7, 11) is 2.27. The average Bonchev–Trinajstić information content (AvgIpc) is 2.61. The second-order valence-corrected chi connectivity index (χ2v) is 6.66. The summed E-state index contributed by atoms with van der Waals surface area (Å²) < 4.78 is 9.40. The zero-order valence-corrected chi connectivity index (χ0v) is 16.9. The van der Waals surface area contributed by atoms with E-state index in [9.17, 15) is 29.4 Å². The SMILES string of the molecule is COC(=O)[C@H](CO)NC(=O)[C@H](CO)NC(=O)/C(=C/O)N(C)NC(=O)OC(C)(C)C. The molecule has 0 unspecified atom stereocenters. The Morgan fingerprint density at radius 1 is 1.07 bits per heavy atom. The maximum absolute atomic E-state index is 12.3. The van der Waals surface area contributed by atoms with Gasteiger partial charge in [-0.25, -0.2) is 15.0 Å². The van der Waals surface area contributed by atoms with Crippen molar-refractivity contribution in [3.63, 3.8) is 0 Å². The minimum Gasteiger partial charge on any atom is -0.513 e. The van der Waals surface area contributed by atoms with Crippen molar-refractivity contribution in [3.8, 4) is 0 Å². The molecule has 0 saturated heterocycles. The lowest BCUT2D eigenvalue weighted by Crippen LogP contribution is -2.55. The fourth-order valence-corrected chi connectivity index (χ4v) is 1.82. The number of nitrogens with one attached hydrogen (secondary N) is 3. The molecule has 0 bridgehead atoms. The summed E-state index contributed by atoms with van der Waals surface area (Å²) in [5.74, 6) is -2.97. The van der Waals surface area contributed by atoms with Crippen molar-refractivity contribution < 1.29 is 44.0 Å². The summed E-state index contributed by atoms with van der Waals surface area (Å²) in [5.41, 5.74) is 0.880. The van der Waals surface area contributed by atoms with Crippen LogP contribution in [0.1, 0.15) is 20.8 Å². The van der Waals surface area contributed by atoms with Crippen LogP contribution in [0.5, 0.6) is 0 Å². The van der Waals surface area contributed by atoms with E-state index < -0.39 is 60.5 Å². The van der Waals surface area contributed by atoms with E-state index in [1.807, 2.05) is 0 Å². The molecule has 0 aromatic heterocycles. The molecule has 13 heteroatoms. The van der Waals surface area contributed by atoms with Gasteiger partial charge in [-0.05, 0) is 20.8 Å². The van der Waals surface area contributed by atoms with Crippen LogP contribution in [-0.4, -0.2) is 89.3 Å². The summed E-state index contributed by atoms with van der Waals surface area (Å²) in [6, 6.07) is -2.94. The van der Waals surface area contributed by atoms with E-state index in [1.54, 1.807) is 20.8 Å². The largest absolute Gasteiger partial charge is 0.513 e. The number of carbonyl (C=O) groups excluding carboxylic acids is 4. The Balaban J connectivity index is 5.06. The third kappa shape index (κ3) is 9.12.